The summed E-state index contributed by atoms with van der Waals surface area (Å²) in [4.78, 5) is 23.1. The van der Waals surface area contributed by atoms with Gasteiger partial charge in [0.25, 0.3) is 0 Å². The maximum absolute atomic E-state index is 12.5. The lowest BCUT2D eigenvalue weighted by Gasteiger charge is -2.23. The van der Waals surface area contributed by atoms with Crippen LogP contribution in [0, 0.1) is 11.8 Å². The normalized spacial score (nSPS) is 21.8. The van der Waals surface area contributed by atoms with Crippen LogP contribution in [-0.2, 0) is 16.0 Å². The van der Waals surface area contributed by atoms with E-state index in [9.17, 15) is 19.8 Å². The Kier molecular flexibility index (Phi) is 9.37. The zero-order valence-electron chi connectivity index (χ0n) is 19.6. The van der Waals surface area contributed by atoms with Gasteiger partial charge in [0, 0.05) is 30.8 Å². The van der Waals surface area contributed by atoms with E-state index in [0.29, 0.717) is 19.3 Å². The van der Waals surface area contributed by atoms with Crippen molar-refractivity contribution in [1.82, 2.24) is 0 Å². The highest BCUT2D eigenvalue weighted by atomic mass is 16.4. The van der Waals surface area contributed by atoms with Gasteiger partial charge in [-0.2, -0.15) is 0 Å². The zero-order chi connectivity index (χ0) is 24.5. The Bertz CT molecular complexity index is 1020. The molecule has 1 aliphatic carbocycles. The highest BCUT2D eigenvalue weighted by Gasteiger charge is 2.41. The van der Waals surface area contributed by atoms with Crippen LogP contribution in [0.15, 0.2) is 78.4 Å². The number of carbonyl (C=O) groups is 2. The van der Waals surface area contributed by atoms with Gasteiger partial charge in [-0.1, -0.05) is 78.7 Å². The van der Waals surface area contributed by atoms with Crippen molar-refractivity contribution in [2.45, 2.75) is 57.7 Å². The predicted molar refractivity (Wildman–Crippen MR) is 133 cm³/mol. The lowest BCUT2D eigenvalue weighted by Crippen LogP contribution is -2.23. The quantitative estimate of drug-likeness (QED) is 0.249. The molecule has 3 rings (SSSR count). The SMILES string of the molecule is CC(=CC(O)Cc1cccc(-c2ccccc2)c1)C1C(O)CC(=O)C1CCCCC=CC(=O)O. The maximum Gasteiger partial charge on any atom is 0.327 e. The van der Waals surface area contributed by atoms with Crippen molar-refractivity contribution in [3.8, 4) is 11.1 Å². The van der Waals surface area contributed by atoms with Gasteiger partial charge in [-0.05, 0) is 42.9 Å². The number of allylic oxidation sites excluding steroid dienone is 1. The summed E-state index contributed by atoms with van der Waals surface area (Å²) >= 11 is 0. The third-order valence-corrected chi connectivity index (χ3v) is 6.53. The largest absolute Gasteiger partial charge is 0.478 e. The summed E-state index contributed by atoms with van der Waals surface area (Å²) in [6, 6.07) is 18.2. The van der Waals surface area contributed by atoms with Gasteiger partial charge in [0.1, 0.15) is 5.78 Å². The van der Waals surface area contributed by atoms with Crippen molar-refractivity contribution in [3.63, 3.8) is 0 Å². The number of Topliss-reactive ketones (excluding diaryl/α,β-unsaturated/α-hetero) is 1. The van der Waals surface area contributed by atoms with Crippen LogP contribution in [0.3, 0.4) is 0 Å². The van der Waals surface area contributed by atoms with Crippen LogP contribution < -0.4 is 0 Å². The van der Waals surface area contributed by atoms with E-state index in [-0.39, 0.29) is 24.0 Å². The van der Waals surface area contributed by atoms with E-state index in [0.717, 1.165) is 41.2 Å². The van der Waals surface area contributed by atoms with E-state index in [2.05, 4.69) is 24.3 Å². The van der Waals surface area contributed by atoms with Gasteiger partial charge in [-0.3, -0.25) is 4.79 Å². The number of unbranched alkanes of at least 4 members (excludes halogenated alkanes) is 2. The Morgan fingerprint density at radius 1 is 1.09 bits per heavy atom. The molecule has 0 bridgehead atoms. The molecule has 3 N–H and O–H groups in total. The van der Waals surface area contributed by atoms with Gasteiger partial charge >= 0.3 is 5.97 Å². The molecule has 180 valence electrons. The number of ketones is 1. The molecule has 34 heavy (non-hydrogen) atoms. The van der Waals surface area contributed by atoms with E-state index in [1.54, 1.807) is 12.2 Å². The highest BCUT2D eigenvalue weighted by molar-refractivity contribution is 5.85. The standard InChI is InChI=1S/C29H34O5/c1-20(29-25(26(31)19-27(29)32)14-7-2-3-8-15-28(33)34)16-24(30)18-21-10-9-13-23(17-21)22-11-5-4-6-12-22/h4-6,8-13,15-17,24-25,27,29-30,32H,2-3,7,14,18-19H2,1H3,(H,33,34). The van der Waals surface area contributed by atoms with E-state index in [1.807, 2.05) is 37.3 Å². The number of benzene rings is 2. The first-order valence-electron chi connectivity index (χ1n) is 12.0. The minimum Gasteiger partial charge on any atom is -0.478 e. The van der Waals surface area contributed by atoms with Gasteiger partial charge < -0.3 is 15.3 Å². The zero-order valence-corrected chi connectivity index (χ0v) is 19.6. The molecule has 0 heterocycles. The number of aliphatic hydroxyl groups excluding tert-OH is 2. The molecule has 4 atom stereocenters. The molecule has 1 fully saturated rings. The summed E-state index contributed by atoms with van der Waals surface area (Å²) in [5, 5.41) is 29.9. The van der Waals surface area contributed by atoms with Crippen LogP contribution in [0.2, 0.25) is 0 Å². The molecule has 0 amide bonds. The van der Waals surface area contributed by atoms with E-state index < -0.39 is 18.2 Å². The van der Waals surface area contributed by atoms with Crippen LogP contribution in [0.5, 0.6) is 0 Å². The Balaban J connectivity index is 1.61. The first kappa shape index (κ1) is 25.6. The van der Waals surface area contributed by atoms with Crippen molar-refractivity contribution < 1.29 is 24.9 Å². The summed E-state index contributed by atoms with van der Waals surface area (Å²) in [6.45, 7) is 1.89. The fourth-order valence-electron chi connectivity index (χ4n) is 4.95. The Morgan fingerprint density at radius 2 is 1.82 bits per heavy atom. The van der Waals surface area contributed by atoms with Crippen molar-refractivity contribution in [1.29, 1.82) is 0 Å². The van der Waals surface area contributed by atoms with E-state index in [1.165, 1.54) is 0 Å². The van der Waals surface area contributed by atoms with Gasteiger partial charge in [0.05, 0.1) is 12.2 Å². The van der Waals surface area contributed by atoms with Crippen LogP contribution in [0.25, 0.3) is 11.1 Å². The van der Waals surface area contributed by atoms with Crippen molar-refractivity contribution in [2.24, 2.45) is 11.8 Å². The number of hydrogen-bond donors (Lipinski definition) is 3. The second-order valence-electron chi connectivity index (χ2n) is 9.14. The second-order valence-corrected chi connectivity index (χ2v) is 9.14. The first-order valence-corrected chi connectivity index (χ1v) is 12.0. The molecule has 1 aliphatic rings. The molecular formula is C29H34O5. The summed E-state index contributed by atoms with van der Waals surface area (Å²) in [6.07, 6.45) is 6.58. The molecule has 0 aliphatic heterocycles. The van der Waals surface area contributed by atoms with Crippen LogP contribution >= 0.6 is 0 Å². The number of carbonyl (C=O) groups excluding carboxylic acids is 1. The Morgan fingerprint density at radius 3 is 2.56 bits per heavy atom. The lowest BCUT2D eigenvalue weighted by atomic mass is 9.83. The highest BCUT2D eigenvalue weighted by Crippen LogP contribution is 2.38. The Labute approximate surface area is 201 Å². The van der Waals surface area contributed by atoms with Gasteiger partial charge in [-0.15, -0.1) is 0 Å². The van der Waals surface area contributed by atoms with Crippen molar-refractivity contribution in [2.75, 3.05) is 0 Å². The molecule has 2 aromatic rings. The van der Waals surface area contributed by atoms with E-state index >= 15 is 0 Å². The monoisotopic (exact) mass is 462 g/mol. The Hall–Kier alpha value is -3.02. The minimum absolute atomic E-state index is 0.0661. The number of carboxylic acid groups (broad SMARTS) is 1. The number of aliphatic carboxylic acids is 1. The molecule has 0 saturated heterocycles. The van der Waals surface area contributed by atoms with Gasteiger partial charge in [0.2, 0.25) is 0 Å². The summed E-state index contributed by atoms with van der Waals surface area (Å²) < 4.78 is 0. The molecule has 4 unspecified atom stereocenters. The van der Waals surface area contributed by atoms with Crippen molar-refractivity contribution in [3.05, 3.63) is 84.0 Å². The third-order valence-electron chi connectivity index (χ3n) is 6.53. The number of rotatable bonds is 11. The molecule has 5 nitrogen and oxygen atoms in total. The fourth-order valence-corrected chi connectivity index (χ4v) is 4.95. The lowest BCUT2D eigenvalue weighted by molar-refractivity contribution is -0.131. The molecule has 0 radical (unpaired) electrons. The number of hydrogen-bond acceptors (Lipinski definition) is 4. The average Bonchev–Trinajstić information content (AvgIpc) is 3.09. The fraction of sp³-hybridized carbons (Fsp3) is 0.379. The topological polar surface area (TPSA) is 94.8 Å². The number of carboxylic acids is 1. The number of aliphatic hydroxyl groups is 2. The average molecular weight is 463 g/mol. The van der Waals surface area contributed by atoms with Crippen LogP contribution in [0.1, 0.15) is 44.6 Å². The first-order chi connectivity index (χ1) is 16.3. The second kappa shape index (κ2) is 12.4. The van der Waals surface area contributed by atoms with Crippen LogP contribution in [-0.4, -0.2) is 39.3 Å². The maximum atomic E-state index is 12.5. The summed E-state index contributed by atoms with van der Waals surface area (Å²) in [7, 11) is 0. The minimum atomic E-state index is -0.958. The summed E-state index contributed by atoms with van der Waals surface area (Å²) in [5.41, 5.74) is 4.09. The molecule has 2 aromatic carbocycles. The predicted octanol–water partition coefficient (Wildman–Crippen LogP) is 4.97. The summed E-state index contributed by atoms with van der Waals surface area (Å²) in [5.74, 6) is -1.44. The van der Waals surface area contributed by atoms with E-state index in [4.69, 9.17) is 5.11 Å². The smallest absolute Gasteiger partial charge is 0.327 e. The molecule has 0 spiro atoms. The molecule has 1 saturated carbocycles. The molecular weight excluding hydrogens is 428 g/mol. The van der Waals surface area contributed by atoms with Gasteiger partial charge in [-0.25, -0.2) is 4.79 Å². The third kappa shape index (κ3) is 7.24. The van der Waals surface area contributed by atoms with Crippen LogP contribution in [0.4, 0.5) is 0 Å². The van der Waals surface area contributed by atoms with Crippen molar-refractivity contribution >= 4 is 11.8 Å². The van der Waals surface area contributed by atoms with Gasteiger partial charge in [0.15, 0.2) is 0 Å². The molecule has 5 heteroatoms. The molecule has 0 aromatic heterocycles.